The lowest BCUT2D eigenvalue weighted by molar-refractivity contribution is -0.305. The van der Waals surface area contributed by atoms with Gasteiger partial charge in [-0.05, 0) is 6.42 Å². The van der Waals surface area contributed by atoms with Crippen LogP contribution in [0.4, 0.5) is 0 Å². The van der Waals surface area contributed by atoms with E-state index in [0.717, 1.165) is 6.42 Å². The van der Waals surface area contributed by atoms with E-state index < -0.39 is 0 Å². The molecule has 0 saturated carbocycles. The zero-order chi connectivity index (χ0) is 14.9. The first kappa shape index (κ1) is 40.2. The van der Waals surface area contributed by atoms with Crippen LogP contribution >= 0.6 is 0 Å². The molecule has 0 aromatic rings. The van der Waals surface area contributed by atoms with E-state index in [0.29, 0.717) is 6.42 Å². The highest BCUT2D eigenvalue weighted by molar-refractivity contribution is 5.63. The molecule has 160 valence electrons. The van der Waals surface area contributed by atoms with Gasteiger partial charge in [-0.3, -0.25) is 5.73 Å². The van der Waals surface area contributed by atoms with Crippen LogP contribution in [0, 0.1) is 0 Å². The molecule has 0 saturated heterocycles. The van der Waals surface area contributed by atoms with Crippen LogP contribution in [0.25, 0.3) is 0 Å². The Hall–Kier alpha value is 0.420. The van der Waals surface area contributed by atoms with Crippen LogP contribution in [0.2, 0.25) is 0 Å². The highest BCUT2D eigenvalue weighted by Crippen LogP contribution is 2.13. The molecule has 0 spiro atoms. The first-order valence-electron chi connectivity index (χ1n) is 9.12. The summed E-state index contributed by atoms with van der Waals surface area (Å²) in [5, 5.41) is 0. The average Bonchev–Trinajstić information content (AvgIpc) is 2.43. The Morgan fingerprint density at radius 3 is 1.04 bits per heavy atom. The smallest absolute Gasteiger partial charge is 0.308 e. The standard InChI is InChI=1S/C18H37NO.3ClH.2H3N/c1-2-3-4-5-6-7-8-9-10-11-12-13-14-15-16-17-18(19)20;;;;;/h2-17H2,1H3,(H2,19,20);3*1H;2*1H3. The van der Waals surface area contributed by atoms with Gasteiger partial charge in [-0.2, -0.15) is 0 Å². The van der Waals surface area contributed by atoms with E-state index in [-0.39, 0.29) is 55.4 Å². The van der Waals surface area contributed by atoms with Gasteiger partial charge in [0.1, 0.15) is 0 Å². The Kier molecular flexibility index (Phi) is 57.1. The molecule has 25 heavy (non-hydrogen) atoms. The van der Waals surface area contributed by atoms with Crippen molar-refractivity contribution in [2.45, 2.75) is 110 Å². The lowest BCUT2D eigenvalue weighted by Crippen LogP contribution is -3.00. The SMILES string of the molecule is CCCCCCCCCCCCCCCCCC([NH3+])=O.[Cl-].[Cl-].[Cl-].[NH4+].[NH4+]. The summed E-state index contributed by atoms with van der Waals surface area (Å²) < 4.78 is 0. The minimum absolute atomic E-state index is 0. The number of amides is 1. The van der Waals surface area contributed by atoms with E-state index in [9.17, 15) is 4.79 Å². The zero-order valence-electron chi connectivity index (χ0n) is 17.1. The summed E-state index contributed by atoms with van der Waals surface area (Å²) in [6, 6.07) is 0. The zero-order valence-corrected chi connectivity index (χ0v) is 19.3. The van der Waals surface area contributed by atoms with Gasteiger partial charge in [0.25, 0.3) is 0 Å². The minimum Gasteiger partial charge on any atom is -1.00 e. The number of hydrogen-bond acceptors (Lipinski definition) is 1. The third-order valence-corrected chi connectivity index (χ3v) is 4.06. The summed E-state index contributed by atoms with van der Waals surface area (Å²) in [4.78, 5) is 10.7. The Labute approximate surface area is 175 Å². The van der Waals surface area contributed by atoms with Crippen LogP contribution in [0.3, 0.4) is 0 Å². The molecule has 0 aliphatic rings. The van der Waals surface area contributed by atoms with E-state index in [2.05, 4.69) is 12.7 Å². The van der Waals surface area contributed by atoms with Crippen molar-refractivity contribution < 1.29 is 47.7 Å². The number of carbonyl (C=O) groups is 1. The van der Waals surface area contributed by atoms with Crippen LogP contribution in [0.5, 0.6) is 0 Å². The fraction of sp³-hybridized carbons (Fsp3) is 0.944. The van der Waals surface area contributed by atoms with Crippen molar-refractivity contribution in [3.8, 4) is 0 Å². The molecule has 0 aromatic heterocycles. The van der Waals surface area contributed by atoms with E-state index in [1.165, 1.54) is 89.9 Å². The van der Waals surface area contributed by atoms with Gasteiger partial charge in [-0.25, -0.2) is 4.79 Å². The molecule has 0 fully saturated rings. The van der Waals surface area contributed by atoms with Gasteiger partial charge in [0, 0.05) is 0 Å². The summed E-state index contributed by atoms with van der Waals surface area (Å²) in [6.45, 7) is 2.28. The molecule has 7 heteroatoms. The molecule has 0 radical (unpaired) electrons. The summed E-state index contributed by atoms with van der Waals surface area (Å²) in [6.07, 6.45) is 21.2. The number of hydrogen-bond donors (Lipinski definition) is 3. The van der Waals surface area contributed by atoms with Crippen molar-refractivity contribution in [3.63, 3.8) is 0 Å². The molecule has 4 nitrogen and oxygen atoms in total. The van der Waals surface area contributed by atoms with Crippen LogP contribution in [0.15, 0.2) is 0 Å². The largest absolute Gasteiger partial charge is 1.00 e. The van der Waals surface area contributed by atoms with Gasteiger partial charge < -0.3 is 49.5 Å². The molecule has 0 bridgehead atoms. The maximum absolute atomic E-state index is 10.7. The van der Waals surface area contributed by atoms with Gasteiger partial charge >= 0.3 is 5.91 Å². The monoisotopic (exact) mass is 425 g/mol. The topological polar surface area (TPSA) is 118 Å². The fourth-order valence-electron chi connectivity index (χ4n) is 2.69. The first-order valence-corrected chi connectivity index (χ1v) is 9.12. The second-order valence-electron chi connectivity index (χ2n) is 6.24. The van der Waals surface area contributed by atoms with E-state index >= 15 is 0 Å². The molecule has 0 aliphatic carbocycles. The highest BCUT2D eigenvalue weighted by Gasteiger charge is 1.97. The lowest BCUT2D eigenvalue weighted by atomic mass is 10.0. The molecule has 1 amide bonds. The Morgan fingerprint density at radius 1 is 0.560 bits per heavy atom. The molecular formula is C18H46Cl3N3O. The molecule has 0 heterocycles. The normalized spacial score (nSPS) is 8.72. The Bertz CT molecular complexity index is 224. The lowest BCUT2D eigenvalue weighted by Gasteiger charge is -2.03. The Morgan fingerprint density at radius 2 is 0.800 bits per heavy atom. The maximum atomic E-state index is 10.7. The number of quaternary nitrogens is 3. The average molecular weight is 427 g/mol. The molecule has 0 unspecified atom stereocenters. The highest BCUT2D eigenvalue weighted by atomic mass is 35.5. The number of rotatable bonds is 16. The molecule has 11 N–H and O–H groups in total. The molecule has 0 aromatic carbocycles. The van der Waals surface area contributed by atoms with Gasteiger partial charge in [0.15, 0.2) is 0 Å². The van der Waals surface area contributed by atoms with Crippen molar-refractivity contribution in [1.82, 2.24) is 12.3 Å². The summed E-state index contributed by atoms with van der Waals surface area (Å²) in [5.41, 5.74) is 3.40. The van der Waals surface area contributed by atoms with Gasteiger partial charge in [-0.15, -0.1) is 0 Å². The second kappa shape index (κ2) is 35.5. The predicted octanol–water partition coefficient (Wildman–Crippen LogP) is -3.22. The number of unbranched alkanes of at least 4 members (excludes halogenated alkanes) is 14. The number of halogens is 3. The molecular weight excluding hydrogens is 381 g/mol. The van der Waals surface area contributed by atoms with Crippen LogP contribution in [0.1, 0.15) is 110 Å². The summed E-state index contributed by atoms with van der Waals surface area (Å²) in [5.74, 6) is 0.0969. The van der Waals surface area contributed by atoms with Crippen molar-refractivity contribution in [2.75, 3.05) is 0 Å². The number of carbonyl (C=O) groups excluding carboxylic acids is 1. The van der Waals surface area contributed by atoms with Gasteiger partial charge in [0.2, 0.25) is 0 Å². The van der Waals surface area contributed by atoms with Crippen LogP contribution < -0.4 is 55.3 Å². The van der Waals surface area contributed by atoms with E-state index in [1.807, 2.05) is 0 Å². The van der Waals surface area contributed by atoms with E-state index in [1.54, 1.807) is 0 Å². The summed E-state index contributed by atoms with van der Waals surface area (Å²) in [7, 11) is 0. The van der Waals surface area contributed by atoms with Crippen molar-refractivity contribution in [1.29, 1.82) is 0 Å². The molecule has 0 aliphatic heterocycles. The van der Waals surface area contributed by atoms with Gasteiger partial charge in [-0.1, -0.05) is 96.8 Å². The van der Waals surface area contributed by atoms with Crippen molar-refractivity contribution >= 4 is 5.91 Å². The summed E-state index contributed by atoms with van der Waals surface area (Å²) >= 11 is 0. The third-order valence-electron chi connectivity index (χ3n) is 4.06. The van der Waals surface area contributed by atoms with Gasteiger partial charge in [0.05, 0.1) is 6.42 Å². The first-order chi connectivity index (χ1) is 9.77. The third kappa shape index (κ3) is 40.5. The second-order valence-corrected chi connectivity index (χ2v) is 6.24. The van der Waals surface area contributed by atoms with E-state index in [4.69, 9.17) is 0 Å². The van der Waals surface area contributed by atoms with Crippen molar-refractivity contribution in [2.24, 2.45) is 0 Å². The molecule has 0 rings (SSSR count). The maximum Gasteiger partial charge on any atom is 0.308 e. The Balaban J connectivity index is -0.000000180. The van der Waals surface area contributed by atoms with Crippen molar-refractivity contribution in [3.05, 3.63) is 0 Å². The molecule has 0 atom stereocenters. The fourth-order valence-corrected chi connectivity index (χ4v) is 2.69. The quantitative estimate of drug-likeness (QED) is 0.221. The minimum atomic E-state index is 0. The predicted molar refractivity (Wildman–Crippen MR) is 99.4 cm³/mol. The van der Waals surface area contributed by atoms with Crippen LogP contribution in [-0.4, -0.2) is 5.91 Å². The van der Waals surface area contributed by atoms with Crippen LogP contribution in [-0.2, 0) is 4.79 Å².